The molecule has 4 atom stereocenters. The standard InChI is InChI=1S/C14H26N2O6/c1-9-4-3-6-14(15,21-2)7-5-11(18)16-12(19)10(17)8-22-13(9)20/h9-10,12,17,19H,3-8,15H2,1-2H3,(H,16,18)/t9?,10-,12?,14+/m1/s1. The predicted molar refractivity (Wildman–Crippen MR) is 77.3 cm³/mol. The van der Waals surface area contributed by atoms with E-state index in [0.717, 1.165) is 0 Å². The molecule has 0 aromatic heterocycles. The van der Waals surface area contributed by atoms with Crippen LogP contribution in [0, 0.1) is 5.92 Å². The minimum Gasteiger partial charge on any atom is -0.463 e. The largest absolute Gasteiger partial charge is 0.463 e. The fourth-order valence-corrected chi connectivity index (χ4v) is 2.21. The number of aliphatic hydroxyl groups is 2. The molecule has 1 saturated heterocycles. The van der Waals surface area contributed by atoms with Crippen molar-refractivity contribution in [2.75, 3.05) is 13.7 Å². The number of ether oxygens (including phenoxy) is 2. The SMILES string of the molecule is CO[C@@]1(N)CCCC(C)C(=O)OC[C@@H](O)C(O)NC(=O)CC1. The van der Waals surface area contributed by atoms with Crippen LogP contribution in [0.3, 0.4) is 0 Å². The Hall–Kier alpha value is -1.22. The van der Waals surface area contributed by atoms with Gasteiger partial charge in [-0.3, -0.25) is 9.59 Å². The van der Waals surface area contributed by atoms with Gasteiger partial charge in [0.15, 0.2) is 6.23 Å². The molecule has 1 rings (SSSR count). The number of carbonyl (C=O) groups is 2. The van der Waals surface area contributed by atoms with Gasteiger partial charge in [0.1, 0.15) is 18.4 Å². The van der Waals surface area contributed by atoms with Crippen molar-refractivity contribution in [2.45, 2.75) is 57.1 Å². The number of nitrogens with two attached hydrogens (primary N) is 1. The maximum atomic E-state index is 11.8. The van der Waals surface area contributed by atoms with Gasteiger partial charge in [-0.1, -0.05) is 6.92 Å². The summed E-state index contributed by atoms with van der Waals surface area (Å²) in [6, 6.07) is 0. The first-order valence-electron chi connectivity index (χ1n) is 7.43. The van der Waals surface area contributed by atoms with Crippen LogP contribution in [0.1, 0.15) is 39.0 Å². The number of hydrogen-bond donors (Lipinski definition) is 4. The second-order valence-electron chi connectivity index (χ2n) is 5.77. The summed E-state index contributed by atoms with van der Waals surface area (Å²) in [7, 11) is 1.47. The molecule has 2 unspecified atom stereocenters. The topological polar surface area (TPSA) is 131 Å². The molecule has 1 fully saturated rings. The molecule has 1 aliphatic heterocycles. The highest BCUT2D eigenvalue weighted by Crippen LogP contribution is 2.21. The maximum Gasteiger partial charge on any atom is 0.308 e. The summed E-state index contributed by atoms with van der Waals surface area (Å²) in [5, 5.41) is 21.6. The molecule has 0 aliphatic carbocycles. The van der Waals surface area contributed by atoms with Crippen LogP contribution in [0.25, 0.3) is 0 Å². The van der Waals surface area contributed by atoms with E-state index < -0.39 is 29.9 Å². The second kappa shape index (κ2) is 8.42. The molecule has 0 radical (unpaired) electrons. The number of esters is 1. The Bertz CT molecular complexity index is 392. The van der Waals surface area contributed by atoms with E-state index in [1.165, 1.54) is 7.11 Å². The average Bonchev–Trinajstić information content (AvgIpc) is 2.49. The lowest BCUT2D eigenvalue weighted by molar-refractivity contribution is -0.154. The zero-order chi connectivity index (χ0) is 16.8. The number of methoxy groups -OCH3 is 1. The summed E-state index contributed by atoms with van der Waals surface area (Å²) in [4.78, 5) is 23.5. The summed E-state index contributed by atoms with van der Waals surface area (Å²) in [5.74, 6) is -1.27. The Morgan fingerprint density at radius 2 is 2.05 bits per heavy atom. The Morgan fingerprint density at radius 3 is 2.68 bits per heavy atom. The molecule has 0 aromatic carbocycles. The first-order valence-corrected chi connectivity index (χ1v) is 7.43. The molecule has 1 heterocycles. The maximum absolute atomic E-state index is 11.8. The third-order valence-corrected chi connectivity index (χ3v) is 3.89. The normalized spacial score (nSPS) is 36.1. The molecule has 8 nitrogen and oxygen atoms in total. The molecule has 128 valence electrons. The third-order valence-electron chi connectivity index (χ3n) is 3.89. The van der Waals surface area contributed by atoms with E-state index in [1.54, 1.807) is 6.92 Å². The highest BCUT2D eigenvalue weighted by atomic mass is 16.5. The van der Waals surface area contributed by atoms with Crippen molar-refractivity contribution in [3.05, 3.63) is 0 Å². The van der Waals surface area contributed by atoms with Crippen LogP contribution in [0.5, 0.6) is 0 Å². The minimum absolute atomic E-state index is 0.0590. The van der Waals surface area contributed by atoms with Gasteiger partial charge < -0.3 is 30.7 Å². The van der Waals surface area contributed by atoms with Gasteiger partial charge in [-0.2, -0.15) is 0 Å². The number of aliphatic hydroxyl groups excluding tert-OH is 2. The van der Waals surface area contributed by atoms with E-state index in [9.17, 15) is 19.8 Å². The van der Waals surface area contributed by atoms with Gasteiger partial charge in [0.2, 0.25) is 5.91 Å². The molecule has 5 N–H and O–H groups in total. The highest BCUT2D eigenvalue weighted by Gasteiger charge is 2.28. The van der Waals surface area contributed by atoms with Crippen molar-refractivity contribution in [1.82, 2.24) is 5.32 Å². The highest BCUT2D eigenvalue weighted by molar-refractivity contribution is 5.76. The fraction of sp³-hybridized carbons (Fsp3) is 0.857. The van der Waals surface area contributed by atoms with E-state index in [1.807, 2.05) is 0 Å². The number of nitrogens with one attached hydrogen (secondary N) is 1. The first kappa shape index (κ1) is 18.8. The van der Waals surface area contributed by atoms with Crippen LogP contribution in [0.15, 0.2) is 0 Å². The van der Waals surface area contributed by atoms with Crippen molar-refractivity contribution < 1.29 is 29.3 Å². The molecule has 22 heavy (non-hydrogen) atoms. The molecule has 0 saturated carbocycles. The number of hydrogen-bond acceptors (Lipinski definition) is 7. The molecule has 8 heteroatoms. The Kier molecular flexibility index (Phi) is 7.21. The smallest absolute Gasteiger partial charge is 0.308 e. The van der Waals surface area contributed by atoms with Crippen LogP contribution in [-0.4, -0.2) is 53.9 Å². The van der Waals surface area contributed by atoms with Crippen LogP contribution < -0.4 is 11.1 Å². The van der Waals surface area contributed by atoms with Gasteiger partial charge in [-0.05, 0) is 25.7 Å². The molecule has 0 aromatic rings. The van der Waals surface area contributed by atoms with E-state index >= 15 is 0 Å². The summed E-state index contributed by atoms with van der Waals surface area (Å²) >= 11 is 0. The van der Waals surface area contributed by atoms with Crippen LogP contribution in [0.2, 0.25) is 0 Å². The van der Waals surface area contributed by atoms with E-state index in [0.29, 0.717) is 19.3 Å². The molecule has 1 amide bonds. The van der Waals surface area contributed by atoms with Gasteiger partial charge in [0, 0.05) is 13.5 Å². The van der Waals surface area contributed by atoms with E-state index in [-0.39, 0.29) is 25.4 Å². The molecule has 0 spiro atoms. The van der Waals surface area contributed by atoms with Gasteiger partial charge >= 0.3 is 5.97 Å². The summed E-state index contributed by atoms with van der Waals surface area (Å²) in [6.45, 7) is 1.35. The lowest BCUT2D eigenvalue weighted by atomic mass is 9.96. The van der Waals surface area contributed by atoms with Gasteiger partial charge in [0.25, 0.3) is 0 Å². The fourth-order valence-electron chi connectivity index (χ4n) is 2.21. The predicted octanol–water partition coefficient (Wildman–Crippen LogP) is -0.773. The van der Waals surface area contributed by atoms with Gasteiger partial charge in [-0.25, -0.2) is 0 Å². The van der Waals surface area contributed by atoms with Crippen LogP contribution >= 0.6 is 0 Å². The lowest BCUT2D eigenvalue weighted by Gasteiger charge is -2.29. The monoisotopic (exact) mass is 318 g/mol. The first-order chi connectivity index (χ1) is 10.3. The summed E-state index contributed by atoms with van der Waals surface area (Å²) in [6.07, 6.45) is -0.847. The zero-order valence-corrected chi connectivity index (χ0v) is 13.1. The lowest BCUT2D eigenvalue weighted by Crippen LogP contribution is -2.47. The van der Waals surface area contributed by atoms with Crippen molar-refractivity contribution >= 4 is 11.9 Å². The van der Waals surface area contributed by atoms with Gasteiger partial charge in [0.05, 0.1) is 5.92 Å². The number of amides is 1. The Labute approximate surface area is 130 Å². The zero-order valence-electron chi connectivity index (χ0n) is 13.1. The quantitative estimate of drug-likeness (QED) is 0.368. The molecule has 1 aliphatic rings. The van der Waals surface area contributed by atoms with Crippen molar-refractivity contribution in [3.8, 4) is 0 Å². The van der Waals surface area contributed by atoms with Crippen molar-refractivity contribution in [2.24, 2.45) is 11.7 Å². The van der Waals surface area contributed by atoms with Crippen LogP contribution in [-0.2, 0) is 19.1 Å². The molecule has 0 bridgehead atoms. The third kappa shape index (κ3) is 5.88. The van der Waals surface area contributed by atoms with E-state index in [2.05, 4.69) is 5.32 Å². The number of cyclic esters (lactones) is 1. The molecular formula is C14H26N2O6. The van der Waals surface area contributed by atoms with Crippen LogP contribution in [0.4, 0.5) is 0 Å². The average molecular weight is 318 g/mol. The number of rotatable bonds is 1. The van der Waals surface area contributed by atoms with Crippen molar-refractivity contribution in [1.29, 1.82) is 0 Å². The minimum atomic E-state index is -1.51. The van der Waals surface area contributed by atoms with Crippen molar-refractivity contribution in [3.63, 3.8) is 0 Å². The summed E-state index contributed by atoms with van der Waals surface area (Å²) in [5.41, 5.74) is 5.12. The summed E-state index contributed by atoms with van der Waals surface area (Å²) < 4.78 is 10.2. The molecular weight excluding hydrogens is 292 g/mol. The second-order valence-corrected chi connectivity index (χ2v) is 5.77. The van der Waals surface area contributed by atoms with E-state index in [4.69, 9.17) is 15.2 Å². The van der Waals surface area contributed by atoms with Gasteiger partial charge in [-0.15, -0.1) is 0 Å². The Balaban J connectivity index is 2.76. The Morgan fingerprint density at radius 1 is 1.36 bits per heavy atom. The number of carbonyl (C=O) groups excluding carboxylic acids is 2.